The summed E-state index contributed by atoms with van der Waals surface area (Å²) in [5.74, 6) is 0.325. The number of hydrogen-bond donors (Lipinski definition) is 1. The van der Waals surface area contributed by atoms with Gasteiger partial charge in [-0.2, -0.15) is 3.96 Å². The smallest absolute Gasteiger partial charge is 0.335 e. The number of nitrogens with one attached hydrogen (secondary N) is 1. The van der Waals surface area contributed by atoms with Gasteiger partial charge in [-0.05, 0) is 23.7 Å². The third-order valence-corrected chi connectivity index (χ3v) is 3.30. The molecule has 0 saturated heterocycles. The van der Waals surface area contributed by atoms with E-state index in [1.54, 1.807) is 12.1 Å². The number of amides is 1. The van der Waals surface area contributed by atoms with Gasteiger partial charge in [0.1, 0.15) is 0 Å². The molecule has 1 amide bonds. The van der Waals surface area contributed by atoms with E-state index in [0.717, 1.165) is 20.2 Å². The van der Waals surface area contributed by atoms with Crippen molar-refractivity contribution in [2.45, 2.75) is 0 Å². The standard InChI is InChI=1S/C10H9ClN2O2S/c11-5-6-12-10(15)13-9(14)7-3-1-2-4-8(7)16-13/h1-4H,5-6H2,(H,12,15). The van der Waals surface area contributed by atoms with Crippen LogP contribution in [0.5, 0.6) is 0 Å². The zero-order chi connectivity index (χ0) is 11.5. The Hall–Kier alpha value is -1.33. The van der Waals surface area contributed by atoms with E-state index < -0.39 is 6.03 Å². The summed E-state index contributed by atoms with van der Waals surface area (Å²) in [6, 6.07) is 6.70. The van der Waals surface area contributed by atoms with Crippen LogP contribution in [-0.4, -0.2) is 22.4 Å². The summed E-state index contributed by atoms with van der Waals surface area (Å²) >= 11 is 6.58. The maximum absolute atomic E-state index is 11.8. The monoisotopic (exact) mass is 256 g/mol. The van der Waals surface area contributed by atoms with Gasteiger partial charge in [0.2, 0.25) is 0 Å². The van der Waals surface area contributed by atoms with Crippen LogP contribution in [0.1, 0.15) is 0 Å². The van der Waals surface area contributed by atoms with Crippen LogP contribution in [0.25, 0.3) is 10.1 Å². The van der Waals surface area contributed by atoms with E-state index in [-0.39, 0.29) is 5.56 Å². The molecule has 2 rings (SSSR count). The lowest BCUT2D eigenvalue weighted by atomic mass is 10.3. The van der Waals surface area contributed by atoms with Gasteiger partial charge >= 0.3 is 6.03 Å². The highest BCUT2D eigenvalue weighted by molar-refractivity contribution is 7.14. The van der Waals surface area contributed by atoms with E-state index in [1.807, 2.05) is 12.1 Å². The molecule has 1 N–H and O–H groups in total. The van der Waals surface area contributed by atoms with E-state index in [0.29, 0.717) is 17.8 Å². The molecule has 0 unspecified atom stereocenters. The first-order valence-electron chi connectivity index (χ1n) is 4.69. The number of alkyl halides is 1. The van der Waals surface area contributed by atoms with Crippen molar-refractivity contribution >= 4 is 39.3 Å². The highest BCUT2D eigenvalue weighted by Gasteiger charge is 2.12. The number of fused-ring (bicyclic) bond motifs is 1. The number of halogens is 1. The average Bonchev–Trinajstić information content (AvgIpc) is 2.64. The summed E-state index contributed by atoms with van der Waals surface area (Å²) in [6.07, 6.45) is 0. The van der Waals surface area contributed by atoms with Gasteiger partial charge < -0.3 is 5.32 Å². The van der Waals surface area contributed by atoms with Crippen LogP contribution in [0.15, 0.2) is 29.1 Å². The number of carbonyl (C=O) groups excluding carboxylic acids is 1. The molecule has 0 aliphatic heterocycles. The van der Waals surface area contributed by atoms with E-state index in [4.69, 9.17) is 11.6 Å². The van der Waals surface area contributed by atoms with E-state index in [2.05, 4.69) is 5.32 Å². The Labute approximate surface area is 101 Å². The number of rotatable bonds is 2. The third kappa shape index (κ3) is 1.96. The number of hydrogen-bond acceptors (Lipinski definition) is 3. The molecule has 1 heterocycles. The van der Waals surface area contributed by atoms with Crippen LogP contribution in [0.4, 0.5) is 4.79 Å². The van der Waals surface area contributed by atoms with Gasteiger partial charge in [-0.15, -0.1) is 11.6 Å². The molecule has 0 bridgehead atoms. The zero-order valence-corrected chi connectivity index (χ0v) is 9.85. The topological polar surface area (TPSA) is 51.1 Å². The van der Waals surface area contributed by atoms with Crippen molar-refractivity contribution in [3.8, 4) is 0 Å². The molecule has 1 aromatic heterocycles. The fourth-order valence-electron chi connectivity index (χ4n) is 1.33. The highest BCUT2D eigenvalue weighted by Crippen LogP contribution is 2.15. The van der Waals surface area contributed by atoms with Crippen molar-refractivity contribution < 1.29 is 4.79 Å². The molecular weight excluding hydrogens is 248 g/mol. The number of benzene rings is 1. The minimum absolute atomic E-state index is 0.285. The first-order chi connectivity index (χ1) is 7.74. The van der Waals surface area contributed by atoms with Crippen LogP contribution >= 0.6 is 23.1 Å². The fourth-order valence-corrected chi connectivity index (χ4v) is 2.34. The minimum Gasteiger partial charge on any atom is -0.335 e. The maximum atomic E-state index is 11.8. The van der Waals surface area contributed by atoms with E-state index in [1.165, 1.54) is 0 Å². The lowest BCUT2D eigenvalue weighted by molar-refractivity contribution is 0.244. The van der Waals surface area contributed by atoms with Crippen LogP contribution in [0.2, 0.25) is 0 Å². The van der Waals surface area contributed by atoms with Crippen molar-refractivity contribution in [1.29, 1.82) is 0 Å². The third-order valence-electron chi connectivity index (χ3n) is 2.05. The van der Waals surface area contributed by atoms with E-state index in [9.17, 15) is 9.59 Å². The average molecular weight is 257 g/mol. The molecule has 1 aromatic carbocycles. The highest BCUT2D eigenvalue weighted by atomic mass is 35.5. The van der Waals surface area contributed by atoms with Gasteiger partial charge in [0.05, 0.1) is 10.1 Å². The number of aromatic nitrogens is 1. The Morgan fingerprint density at radius 2 is 2.19 bits per heavy atom. The summed E-state index contributed by atoms with van der Waals surface area (Å²) in [4.78, 5) is 23.4. The number of nitrogens with zero attached hydrogens (tertiary/aromatic N) is 1. The Morgan fingerprint density at radius 3 is 2.88 bits per heavy atom. The van der Waals surface area contributed by atoms with Crippen molar-refractivity contribution in [3.63, 3.8) is 0 Å². The van der Waals surface area contributed by atoms with Crippen molar-refractivity contribution in [2.24, 2.45) is 0 Å². The van der Waals surface area contributed by atoms with Crippen LogP contribution in [0.3, 0.4) is 0 Å². The molecule has 6 heteroatoms. The van der Waals surface area contributed by atoms with Crippen LogP contribution < -0.4 is 10.9 Å². The van der Waals surface area contributed by atoms with E-state index >= 15 is 0 Å². The summed E-state index contributed by atoms with van der Waals surface area (Å²) in [6.45, 7) is 0.348. The summed E-state index contributed by atoms with van der Waals surface area (Å²) in [7, 11) is 0. The molecular formula is C10H9ClN2O2S. The molecule has 0 saturated carbocycles. The second-order valence-corrected chi connectivity index (χ2v) is 4.47. The molecule has 0 spiro atoms. The Balaban J connectivity index is 2.42. The second-order valence-electron chi connectivity index (χ2n) is 3.11. The van der Waals surface area contributed by atoms with Gasteiger partial charge in [0.25, 0.3) is 5.56 Å². The molecule has 0 aliphatic rings. The SMILES string of the molecule is O=C(NCCCl)n1sc2ccccc2c1=O. The first kappa shape index (κ1) is 11.2. The van der Waals surface area contributed by atoms with Crippen molar-refractivity contribution in [1.82, 2.24) is 9.27 Å². The normalized spacial score (nSPS) is 10.6. The lowest BCUT2D eigenvalue weighted by Crippen LogP contribution is -2.34. The predicted molar refractivity (Wildman–Crippen MR) is 65.6 cm³/mol. The Bertz CT molecular complexity index is 575. The van der Waals surface area contributed by atoms with Crippen LogP contribution in [-0.2, 0) is 0 Å². The second kappa shape index (κ2) is 4.67. The van der Waals surface area contributed by atoms with Gasteiger partial charge in [-0.3, -0.25) is 4.79 Å². The van der Waals surface area contributed by atoms with Gasteiger partial charge in [-0.1, -0.05) is 12.1 Å². The molecule has 16 heavy (non-hydrogen) atoms. The molecule has 0 radical (unpaired) electrons. The summed E-state index contributed by atoms with van der Waals surface area (Å²) < 4.78 is 1.91. The van der Waals surface area contributed by atoms with Gasteiger partial charge in [0, 0.05) is 12.4 Å². The van der Waals surface area contributed by atoms with Gasteiger partial charge in [-0.25, -0.2) is 4.79 Å². The Morgan fingerprint density at radius 1 is 1.44 bits per heavy atom. The molecule has 84 valence electrons. The largest absolute Gasteiger partial charge is 0.338 e. The van der Waals surface area contributed by atoms with Crippen molar-refractivity contribution in [3.05, 3.63) is 34.6 Å². The molecule has 2 aromatic rings. The molecule has 4 nitrogen and oxygen atoms in total. The molecule has 0 aliphatic carbocycles. The molecule has 0 atom stereocenters. The van der Waals surface area contributed by atoms with Gasteiger partial charge in [0.15, 0.2) is 0 Å². The summed E-state index contributed by atoms with van der Waals surface area (Å²) in [5, 5.41) is 3.12. The quantitative estimate of drug-likeness (QED) is 0.834. The summed E-state index contributed by atoms with van der Waals surface area (Å²) in [5.41, 5.74) is -0.285. The maximum Gasteiger partial charge on any atom is 0.338 e. The van der Waals surface area contributed by atoms with Crippen LogP contribution in [0, 0.1) is 0 Å². The van der Waals surface area contributed by atoms with Crippen molar-refractivity contribution in [2.75, 3.05) is 12.4 Å². The fraction of sp³-hybridized carbons (Fsp3) is 0.200. The number of carbonyl (C=O) groups is 1. The first-order valence-corrected chi connectivity index (χ1v) is 6.00. The Kier molecular flexibility index (Phi) is 3.26. The zero-order valence-electron chi connectivity index (χ0n) is 8.27. The minimum atomic E-state index is -0.424. The molecule has 0 fully saturated rings. The lowest BCUT2D eigenvalue weighted by Gasteiger charge is -2.00. The predicted octanol–water partition coefficient (Wildman–Crippen LogP) is 1.86.